The number of likely N-dealkylation sites (tertiary alicyclic amines) is 2. The Morgan fingerprint density at radius 3 is 2.23 bits per heavy atom. The molecule has 1 saturated carbocycles. The number of hydrogen-bond donors (Lipinski definition) is 0. The molecule has 0 N–H and O–H groups in total. The van der Waals surface area contributed by atoms with Crippen LogP contribution >= 0.6 is 0 Å². The Kier molecular flexibility index (Phi) is 10.0. The molecule has 7 nitrogen and oxygen atoms in total. The molecular weight excluding hydrogens is 614 g/mol. The van der Waals surface area contributed by atoms with E-state index in [-0.39, 0.29) is 42.1 Å². The summed E-state index contributed by atoms with van der Waals surface area (Å²) in [7, 11) is 2.96. The average Bonchev–Trinajstić information content (AvgIpc) is 3.87. The second kappa shape index (κ2) is 14.0. The zero-order valence-electron chi connectivity index (χ0n) is 27.2. The minimum atomic E-state index is -4.53. The summed E-state index contributed by atoms with van der Waals surface area (Å²) < 4.78 is 66.6. The molecule has 1 aliphatic carbocycles. The highest BCUT2D eigenvalue weighted by atomic mass is 19.4. The summed E-state index contributed by atoms with van der Waals surface area (Å²) in [6.07, 6.45) is 1.34. The maximum atomic E-state index is 14.7. The third-order valence-electron chi connectivity index (χ3n) is 11.1. The number of nitrogens with zero attached hydrogens (tertiary/aromatic N) is 3. The van der Waals surface area contributed by atoms with E-state index in [0.717, 1.165) is 36.8 Å². The van der Waals surface area contributed by atoms with Crippen LogP contribution in [0.2, 0.25) is 0 Å². The fourth-order valence-corrected chi connectivity index (χ4v) is 8.47. The Labute approximate surface area is 274 Å². The van der Waals surface area contributed by atoms with Gasteiger partial charge in [0.1, 0.15) is 12.4 Å². The predicted octanol–water partition coefficient (Wildman–Crippen LogP) is 6.42. The van der Waals surface area contributed by atoms with Crippen LogP contribution in [0.4, 0.5) is 23.2 Å². The molecule has 0 bridgehead atoms. The molecule has 3 saturated heterocycles. The lowest BCUT2D eigenvalue weighted by Crippen LogP contribution is -2.43. The number of hydrogen-bond acceptors (Lipinski definition) is 6. The number of piperidine rings is 1. The highest BCUT2D eigenvalue weighted by Crippen LogP contribution is 2.44. The van der Waals surface area contributed by atoms with Crippen LogP contribution < -0.4 is 9.64 Å². The van der Waals surface area contributed by atoms with Crippen molar-refractivity contribution < 1.29 is 36.6 Å². The summed E-state index contributed by atoms with van der Waals surface area (Å²) in [5, 5.41) is 0. The number of alkyl halides is 4. The van der Waals surface area contributed by atoms with E-state index in [1.54, 1.807) is 12.0 Å². The molecule has 47 heavy (non-hydrogen) atoms. The summed E-state index contributed by atoms with van der Waals surface area (Å²) in [4.78, 5) is 32.6. The molecule has 3 heterocycles. The first-order valence-electron chi connectivity index (χ1n) is 16.9. The molecule has 256 valence electrons. The van der Waals surface area contributed by atoms with Gasteiger partial charge < -0.3 is 19.3 Å². The van der Waals surface area contributed by atoms with E-state index in [9.17, 15) is 27.2 Å². The van der Waals surface area contributed by atoms with Crippen molar-refractivity contribution in [2.75, 3.05) is 58.5 Å². The number of rotatable bonds is 8. The van der Waals surface area contributed by atoms with Crippen LogP contribution in [0.5, 0.6) is 5.75 Å². The van der Waals surface area contributed by atoms with Crippen molar-refractivity contribution in [1.29, 1.82) is 0 Å². The summed E-state index contributed by atoms with van der Waals surface area (Å²) >= 11 is 0. The van der Waals surface area contributed by atoms with Gasteiger partial charge in [-0.25, -0.2) is 4.39 Å². The summed E-state index contributed by atoms with van der Waals surface area (Å²) in [6, 6.07) is 11.4. The maximum Gasteiger partial charge on any atom is 0.416 e. The van der Waals surface area contributed by atoms with E-state index in [1.807, 2.05) is 29.2 Å². The number of carbonyl (C=O) groups excluding carboxylic acids is 2. The van der Waals surface area contributed by atoms with Crippen molar-refractivity contribution in [1.82, 2.24) is 9.80 Å². The van der Waals surface area contributed by atoms with Gasteiger partial charge in [-0.2, -0.15) is 13.2 Å². The van der Waals surface area contributed by atoms with Gasteiger partial charge >= 0.3 is 12.1 Å². The van der Waals surface area contributed by atoms with Crippen molar-refractivity contribution in [3.05, 3.63) is 59.2 Å². The number of methoxy groups -OCH3 is 2. The van der Waals surface area contributed by atoms with Crippen LogP contribution in [0.25, 0.3) is 0 Å². The van der Waals surface area contributed by atoms with E-state index in [4.69, 9.17) is 9.47 Å². The zero-order chi connectivity index (χ0) is 33.3. The van der Waals surface area contributed by atoms with E-state index >= 15 is 0 Å². The minimum absolute atomic E-state index is 0.0500. The number of amides is 1. The Morgan fingerprint density at radius 1 is 0.915 bits per heavy atom. The van der Waals surface area contributed by atoms with Gasteiger partial charge in [0.25, 0.3) is 0 Å². The van der Waals surface area contributed by atoms with Crippen LogP contribution in [0.1, 0.15) is 73.5 Å². The van der Waals surface area contributed by atoms with E-state index < -0.39 is 24.5 Å². The predicted molar refractivity (Wildman–Crippen MR) is 170 cm³/mol. The molecule has 4 fully saturated rings. The Balaban J connectivity index is 1.26. The Hall–Kier alpha value is -3.34. The van der Waals surface area contributed by atoms with Gasteiger partial charge in [-0.1, -0.05) is 31.0 Å². The zero-order valence-corrected chi connectivity index (χ0v) is 27.2. The Bertz CT molecular complexity index is 1410. The summed E-state index contributed by atoms with van der Waals surface area (Å²) in [5.74, 6) is -0.659. The molecule has 2 aromatic rings. The Morgan fingerprint density at radius 2 is 1.62 bits per heavy atom. The summed E-state index contributed by atoms with van der Waals surface area (Å²) in [5.41, 5.74) is 1.44. The number of benzene rings is 2. The molecule has 6 rings (SSSR count). The van der Waals surface area contributed by atoms with Gasteiger partial charge in [0, 0.05) is 56.3 Å². The van der Waals surface area contributed by atoms with Crippen molar-refractivity contribution in [3.63, 3.8) is 0 Å². The fraction of sp³-hybridized carbons (Fsp3) is 0.611. The SMILES string of the molecule is COC(=O)C1CCN(c2cc(C(F)(F)F)ccc2C2C[C@@H](CF)N(C(=O)C3CN(C4CCCC4)C[C@H]3c3ccc(OC)cc3)C2)CC1. The van der Waals surface area contributed by atoms with Crippen LogP contribution in [-0.2, 0) is 20.5 Å². The van der Waals surface area contributed by atoms with Gasteiger partial charge in [-0.05, 0) is 67.5 Å². The van der Waals surface area contributed by atoms with Gasteiger partial charge in [-0.3, -0.25) is 14.5 Å². The fourth-order valence-electron chi connectivity index (χ4n) is 8.47. The topological polar surface area (TPSA) is 62.3 Å². The molecule has 2 unspecified atom stereocenters. The molecule has 2 aromatic carbocycles. The molecule has 11 heteroatoms. The highest BCUT2D eigenvalue weighted by Gasteiger charge is 2.47. The second-order valence-electron chi connectivity index (χ2n) is 13.7. The first kappa shape index (κ1) is 33.6. The molecule has 4 atom stereocenters. The molecular formula is C36H45F4N3O4. The average molecular weight is 660 g/mol. The molecule has 1 amide bonds. The first-order valence-corrected chi connectivity index (χ1v) is 16.9. The smallest absolute Gasteiger partial charge is 0.416 e. The molecule has 0 aromatic heterocycles. The largest absolute Gasteiger partial charge is 0.497 e. The van der Waals surface area contributed by atoms with Crippen LogP contribution in [0.15, 0.2) is 42.5 Å². The first-order chi connectivity index (χ1) is 22.6. The van der Waals surface area contributed by atoms with Gasteiger partial charge in [0.2, 0.25) is 5.91 Å². The van der Waals surface area contributed by atoms with E-state index in [1.165, 1.54) is 32.1 Å². The molecule has 3 aliphatic heterocycles. The molecule has 0 spiro atoms. The minimum Gasteiger partial charge on any atom is -0.497 e. The monoisotopic (exact) mass is 659 g/mol. The molecule has 4 aliphatic rings. The molecule has 0 radical (unpaired) electrons. The lowest BCUT2D eigenvalue weighted by atomic mass is 9.87. The standard InChI is InChI=1S/C36H45F4N3O4/c1-46-29-10-7-23(8-11-29)31-21-42(27-5-3-4-6-27)22-32(31)34(44)43-20-25(17-28(43)19-37)30-12-9-26(36(38,39)40)18-33(30)41-15-13-24(14-16-41)35(45)47-2/h7-12,18,24-25,27-28,31-32H,3-6,13-17,19-22H2,1-2H3/t25?,28-,31-,32?/m0/s1. The lowest BCUT2D eigenvalue weighted by molar-refractivity contribution is -0.146. The number of halogens is 4. The van der Waals surface area contributed by atoms with Gasteiger partial charge in [-0.15, -0.1) is 0 Å². The van der Waals surface area contributed by atoms with Gasteiger partial charge in [0.05, 0.1) is 37.7 Å². The maximum absolute atomic E-state index is 14.7. The van der Waals surface area contributed by atoms with Crippen molar-refractivity contribution in [3.8, 4) is 5.75 Å². The number of esters is 1. The quantitative estimate of drug-likeness (QED) is 0.241. The lowest BCUT2D eigenvalue weighted by Gasteiger charge is -2.35. The number of carbonyl (C=O) groups is 2. The highest BCUT2D eigenvalue weighted by molar-refractivity contribution is 5.82. The third kappa shape index (κ3) is 6.96. The van der Waals surface area contributed by atoms with E-state index in [0.29, 0.717) is 56.2 Å². The van der Waals surface area contributed by atoms with Gasteiger partial charge in [0.15, 0.2) is 0 Å². The van der Waals surface area contributed by atoms with Crippen LogP contribution in [0, 0.1) is 11.8 Å². The van der Waals surface area contributed by atoms with E-state index in [2.05, 4.69) is 4.90 Å². The second-order valence-corrected chi connectivity index (χ2v) is 13.7. The van der Waals surface area contributed by atoms with Crippen molar-refractivity contribution in [2.24, 2.45) is 11.8 Å². The van der Waals surface area contributed by atoms with Crippen molar-refractivity contribution in [2.45, 2.75) is 75.0 Å². The van der Waals surface area contributed by atoms with Crippen molar-refractivity contribution >= 4 is 17.6 Å². The van der Waals surface area contributed by atoms with Crippen LogP contribution in [0.3, 0.4) is 0 Å². The third-order valence-corrected chi connectivity index (χ3v) is 11.1. The summed E-state index contributed by atoms with van der Waals surface area (Å²) in [6.45, 7) is 1.71. The number of ether oxygens (including phenoxy) is 2. The normalized spacial score (nSPS) is 26.3. The number of anilines is 1. The van der Waals surface area contributed by atoms with Crippen LogP contribution in [-0.4, -0.2) is 87.4 Å².